The molecule has 0 amide bonds. The zero-order chi connectivity index (χ0) is 14.9. The summed E-state index contributed by atoms with van der Waals surface area (Å²) in [4.78, 5) is 23.3. The van der Waals surface area contributed by atoms with Gasteiger partial charge in [0.25, 0.3) is 10.9 Å². The Balaban J connectivity index is 2.11. The van der Waals surface area contributed by atoms with E-state index >= 15 is 0 Å². The number of hydrogen-bond donors (Lipinski definition) is 2. The molecule has 0 heterocycles. The summed E-state index contributed by atoms with van der Waals surface area (Å²) in [5, 5.41) is 3.15. The predicted molar refractivity (Wildman–Crippen MR) is 83.4 cm³/mol. The van der Waals surface area contributed by atoms with Crippen molar-refractivity contribution in [3.8, 4) is 0 Å². The second-order valence-corrected chi connectivity index (χ2v) is 8.34. The molecule has 1 unspecified atom stereocenters. The third-order valence-corrected chi connectivity index (χ3v) is 5.12. The maximum Gasteiger partial charge on any atom is 0.254 e. The fourth-order valence-electron chi connectivity index (χ4n) is 2.32. The van der Waals surface area contributed by atoms with Gasteiger partial charge in [-0.1, -0.05) is 19.3 Å². The van der Waals surface area contributed by atoms with Gasteiger partial charge >= 0.3 is 0 Å². The van der Waals surface area contributed by atoms with Crippen molar-refractivity contribution in [3.05, 3.63) is 20.4 Å². The molecule has 0 bridgehead atoms. The first-order valence-electron chi connectivity index (χ1n) is 7.09. The molecule has 5 nitrogen and oxygen atoms in total. The van der Waals surface area contributed by atoms with Crippen LogP contribution in [0.1, 0.15) is 52.9 Å². The van der Waals surface area contributed by atoms with Crippen LogP contribution in [0.15, 0.2) is 9.59 Å². The maximum absolute atomic E-state index is 12.0. The minimum Gasteiger partial charge on any atom is -0.377 e. The van der Waals surface area contributed by atoms with Crippen molar-refractivity contribution in [2.24, 2.45) is 0 Å². The van der Waals surface area contributed by atoms with Crippen molar-refractivity contribution < 1.29 is 4.21 Å². The summed E-state index contributed by atoms with van der Waals surface area (Å²) in [5.74, 6) is 0. The van der Waals surface area contributed by atoms with Gasteiger partial charge in [-0.25, -0.2) is 4.21 Å². The fraction of sp³-hybridized carbons (Fsp3) is 0.714. The highest BCUT2D eigenvalue weighted by Crippen LogP contribution is 2.25. The lowest BCUT2D eigenvalue weighted by Gasteiger charge is -2.26. The molecule has 2 rings (SSSR count). The summed E-state index contributed by atoms with van der Waals surface area (Å²) >= 11 is 0. The second kappa shape index (κ2) is 5.68. The Morgan fingerprint density at radius 2 is 1.55 bits per heavy atom. The summed E-state index contributed by atoms with van der Waals surface area (Å²) in [6.45, 7) is 5.45. The van der Waals surface area contributed by atoms with Crippen LogP contribution >= 0.6 is 0 Å². The quantitative estimate of drug-likeness (QED) is 0.833. The molecule has 6 heteroatoms. The summed E-state index contributed by atoms with van der Waals surface area (Å²) in [6.07, 6.45) is 5.54. The topological polar surface area (TPSA) is 75.3 Å². The number of hydrogen-bond acceptors (Lipinski definition) is 4. The van der Waals surface area contributed by atoms with Crippen molar-refractivity contribution in [1.82, 2.24) is 0 Å². The van der Waals surface area contributed by atoms with E-state index in [1.807, 2.05) is 20.8 Å². The molecule has 1 fully saturated rings. The average Bonchev–Trinajstić information content (AvgIpc) is 2.42. The SMILES string of the molecule is CC(C)(C)S(=O)Nc1c(NC2CCCCC2)c(=O)c1=O. The molecule has 0 saturated heterocycles. The summed E-state index contributed by atoms with van der Waals surface area (Å²) in [5.41, 5.74) is -0.557. The first-order valence-corrected chi connectivity index (χ1v) is 8.24. The third-order valence-electron chi connectivity index (χ3n) is 3.61. The largest absolute Gasteiger partial charge is 0.377 e. The smallest absolute Gasteiger partial charge is 0.254 e. The van der Waals surface area contributed by atoms with Crippen LogP contribution in [-0.4, -0.2) is 15.0 Å². The van der Waals surface area contributed by atoms with Crippen molar-refractivity contribution in [2.45, 2.75) is 63.7 Å². The molecule has 0 spiro atoms. The molecule has 1 atom stereocenters. The lowest BCUT2D eigenvalue weighted by molar-refractivity contribution is 0.462. The van der Waals surface area contributed by atoms with Gasteiger partial charge < -0.3 is 5.32 Å². The first kappa shape index (κ1) is 15.2. The molecule has 1 aliphatic rings. The highest BCUT2D eigenvalue weighted by atomic mass is 32.2. The minimum atomic E-state index is -1.40. The highest BCUT2D eigenvalue weighted by Gasteiger charge is 2.28. The Morgan fingerprint density at radius 3 is 2.10 bits per heavy atom. The van der Waals surface area contributed by atoms with Gasteiger partial charge in [-0.3, -0.25) is 14.3 Å². The van der Waals surface area contributed by atoms with Crippen LogP contribution in [0.4, 0.5) is 11.4 Å². The van der Waals surface area contributed by atoms with E-state index in [1.54, 1.807) is 0 Å². The second-order valence-electron chi connectivity index (χ2n) is 6.37. The lowest BCUT2D eigenvalue weighted by Crippen LogP contribution is -2.42. The van der Waals surface area contributed by atoms with Crippen molar-refractivity contribution in [3.63, 3.8) is 0 Å². The third kappa shape index (κ3) is 3.11. The van der Waals surface area contributed by atoms with E-state index in [0.29, 0.717) is 5.69 Å². The van der Waals surface area contributed by atoms with E-state index < -0.39 is 26.6 Å². The van der Waals surface area contributed by atoms with Gasteiger partial charge in [0, 0.05) is 6.04 Å². The van der Waals surface area contributed by atoms with Gasteiger partial charge in [0.2, 0.25) is 0 Å². The molecule has 2 N–H and O–H groups in total. The van der Waals surface area contributed by atoms with E-state index in [1.165, 1.54) is 6.42 Å². The molecule has 0 aliphatic heterocycles. The summed E-state index contributed by atoms with van der Waals surface area (Å²) < 4.78 is 14.2. The van der Waals surface area contributed by atoms with E-state index in [0.717, 1.165) is 25.7 Å². The van der Waals surface area contributed by atoms with Gasteiger partial charge in [-0.2, -0.15) is 0 Å². The summed E-state index contributed by atoms with van der Waals surface area (Å²) in [6, 6.07) is 0.246. The molecule has 1 saturated carbocycles. The average molecular weight is 298 g/mol. The van der Waals surface area contributed by atoms with E-state index in [-0.39, 0.29) is 11.7 Å². The molecular formula is C14H22N2O3S. The van der Waals surface area contributed by atoms with Crippen molar-refractivity contribution in [2.75, 3.05) is 10.0 Å². The molecule has 1 aliphatic carbocycles. The Labute approximate surface area is 121 Å². The summed E-state index contributed by atoms with van der Waals surface area (Å²) in [7, 11) is -1.40. The monoisotopic (exact) mass is 298 g/mol. The molecule has 20 heavy (non-hydrogen) atoms. The molecule has 0 aromatic heterocycles. The Kier molecular flexibility index (Phi) is 4.32. The lowest BCUT2D eigenvalue weighted by atomic mass is 9.95. The van der Waals surface area contributed by atoms with Gasteiger partial charge in [-0.05, 0) is 33.6 Å². The molecule has 112 valence electrons. The zero-order valence-corrected chi connectivity index (χ0v) is 13.1. The van der Waals surface area contributed by atoms with Crippen molar-refractivity contribution in [1.29, 1.82) is 0 Å². The van der Waals surface area contributed by atoms with Crippen LogP contribution in [0.3, 0.4) is 0 Å². The van der Waals surface area contributed by atoms with Crippen LogP contribution < -0.4 is 20.9 Å². The zero-order valence-electron chi connectivity index (χ0n) is 12.2. The van der Waals surface area contributed by atoms with Crippen LogP contribution in [0.5, 0.6) is 0 Å². The Hall–Kier alpha value is -1.17. The van der Waals surface area contributed by atoms with Crippen LogP contribution in [0.2, 0.25) is 0 Å². The first-order chi connectivity index (χ1) is 9.30. The normalized spacial score (nSPS) is 18.9. The van der Waals surface area contributed by atoms with Crippen LogP contribution in [0, 0.1) is 0 Å². The van der Waals surface area contributed by atoms with E-state index in [9.17, 15) is 13.8 Å². The maximum atomic E-state index is 12.0. The molecular weight excluding hydrogens is 276 g/mol. The number of nitrogens with one attached hydrogen (secondary N) is 2. The Bertz CT molecular complexity index is 576. The van der Waals surface area contributed by atoms with Crippen molar-refractivity contribution >= 4 is 22.4 Å². The standard InChI is InChI=1S/C14H22N2O3S/c1-14(2,3)20(19)16-11-10(12(17)13(11)18)15-9-7-5-4-6-8-9/h9,15-16H,4-8H2,1-3H3. The van der Waals surface area contributed by atoms with Gasteiger partial charge in [-0.15, -0.1) is 0 Å². The fourth-order valence-corrected chi connectivity index (χ4v) is 3.01. The van der Waals surface area contributed by atoms with Gasteiger partial charge in [0.1, 0.15) is 22.4 Å². The van der Waals surface area contributed by atoms with E-state index in [4.69, 9.17) is 0 Å². The number of anilines is 2. The Morgan fingerprint density at radius 1 is 1.00 bits per heavy atom. The van der Waals surface area contributed by atoms with Crippen LogP contribution in [0.25, 0.3) is 0 Å². The van der Waals surface area contributed by atoms with E-state index in [2.05, 4.69) is 10.0 Å². The highest BCUT2D eigenvalue weighted by molar-refractivity contribution is 7.87. The number of rotatable bonds is 4. The molecule has 0 radical (unpaired) electrons. The van der Waals surface area contributed by atoms with Crippen LogP contribution in [-0.2, 0) is 11.0 Å². The molecule has 1 aromatic carbocycles. The van der Waals surface area contributed by atoms with Gasteiger partial charge in [0.15, 0.2) is 0 Å². The minimum absolute atomic E-state index is 0.189. The predicted octanol–water partition coefficient (Wildman–Crippen LogP) is 1.90. The molecule has 1 aromatic rings. The van der Waals surface area contributed by atoms with Gasteiger partial charge in [0.05, 0.1) is 4.75 Å².